The Balaban J connectivity index is 2.64. The first-order valence-corrected chi connectivity index (χ1v) is 6.99. The number of allylic oxidation sites excluding steroid dienone is 1. The second-order valence-electron chi connectivity index (χ2n) is 5.10. The molecular formula is C15H26O2. The number of esters is 1. The summed E-state index contributed by atoms with van der Waals surface area (Å²) < 4.78 is 5.44. The molecule has 0 bridgehead atoms. The topological polar surface area (TPSA) is 26.3 Å². The number of ether oxygens (including phenoxy) is 1. The van der Waals surface area contributed by atoms with Crippen LogP contribution in [0, 0.1) is 11.8 Å². The van der Waals surface area contributed by atoms with Crippen molar-refractivity contribution in [1.82, 2.24) is 0 Å². The molecule has 0 aromatic heterocycles. The van der Waals surface area contributed by atoms with Crippen LogP contribution in [0.25, 0.3) is 0 Å². The van der Waals surface area contributed by atoms with Crippen LogP contribution in [0.2, 0.25) is 0 Å². The molecule has 0 N–H and O–H groups in total. The molecule has 2 nitrogen and oxygen atoms in total. The highest BCUT2D eigenvalue weighted by atomic mass is 16.5. The number of carbonyl (C=O) groups is 1. The molecule has 98 valence electrons. The molecule has 0 radical (unpaired) electrons. The molecule has 17 heavy (non-hydrogen) atoms. The lowest BCUT2D eigenvalue weighted by molar-refractivity contribution is -0.149. The minimum Gasteiger partial charge on any atom is -0.462 e. The monoisotopic (exact) mass is 238 g/mol. The van der Waals surface area contributed by atoms with Crippen molar-refractivity contribution in [1.29, 1.82) is 0 Å². The number of carbonyl (C=O) groups excluding carboxylic acids is 1. The van der Waals surface area contributed by atoms with Gasteiger partial charge in [0.05, 0.1) is 0 Å². The third kappa shape index (κ3) is 4.18. The van der Waals surface area contributed by atoms with Gasteiger partial charge in [-0.05, 0) is 32.1 Å². The van der Waals surface area contributed by atoms with Crippen LogP contribution in [0.4, 0.5) is 0 Å². The zero-order chi connectivity index (χ0) is 12.8. The molecule has 0 aromatic carbocycles. The molecule has 0 spiro atoms. The van der Waals surface area contributed by atoms with Gasteiger partial charge in [0, 0.05) is 12.3 Å². The van der Waals surface area contributed by atoms with Gasteiger partial charge in [0.25, 0.3) is 0 Å². The van der Waals surface area contributed by atoms with Gasteiger partial charge in [0.15, 0.2) is 0 Å². The van der Waals surface area contributed by atoms with E-state index >= 15 is 0 Å². The van der Waals surface area contributed by atoms with Crippen LogP contribution in [0.3, 0.4) is 0 Å². The van der Waals surface area contributed by atoms with E-state index in [0.29, 0.717) is 12.3 Å². The normalized spacial score (nSPS) is 26.2. The largest absolute Gasteiger partial charge is 0.462 e. The summed E-state index contributed by atoms with van der Waals surface area (Å²) in [5.74, 6) is 1.10. The van der Waals surface area contributed by atoms with E-state index in [0.717, 1.165) is 18.8 Å². The SMILES string of the molecule is CCC(=O)OC(C)C1C=C(CC)CC(CC)C1. The molecule has 0 amide bonds. The van der Waals surface area contributed by atoms with Crippen LogP contribution >= 0.6 is 0 Å². The van der Waals surface area contributed by atoms with Crippen molar-refractivity contribution >= 4 is 5.97 Å². The summed E-state index contributed by atoms with van der Waals surface area (Å²) in [6.07, 6.45) is 7.59. The fourth-order valence-corrected chi connectivity index (χ4v) is 2.56. The Morgan fingerprint density at radius 1 is 1.47 bits per heavy atom. The van der Waals surface area contributed by atoms with Crippen LogP contribution in [-0.4, -0.2) is 12.1 Å². The van der Waals surface area contributed by atoms with Gasteiger partial charge in [-0.2, -0.15) is 0 Å². The molecule has 1 aliphatic rings. The third-order valence-corrected chi connectivity index (χ3v) is 3.85. The van der Waals surface area contributed by atoms with Crippen molar-refractivity contribution in [2.75, 3.05) is 0 Å². The standard InChI is InChI=1S/C15H26O2/c1-5-12-8-13(6-2)10-14(9-12)11(4)17-15(16)7-3/h9,11,13-14H,5-8,10H2,1-4H3. The van der Waals surface area contributed by atoms with E-state index in [1.54, 1.807) is 0 Å². The summed E-state index contributed by atoms with van der Waals surface area (Å²) in [6, 6.07) is 0. The second kappa shape index (κ2) is 6.83. The predicted octanol–water partition coefficient (Wildman–Crippen LogP) is 4.10. The summed E-state index contributed by atoms with van der Waals surface area (Å²) in [5, 5.41) is 0. The molecule has 0 fully saturated rings. The van der Waals surface area contributed by atoms with Crippen molar-refractivity contribution in [2.45, 2.75) is 65.9 Å². The Labute approximate surface area is 105 Å². The number of rotatable bonds is 5. The maximum atomic E-state index is 11.3. The lowest BCUT2D eigenvalue weighted by Gasteiger charge is -2.31. The molecule has 0 aromatic rings. The quantitative estimate of drug-likeness (QED) is 0.532. The Kier molecular flexibility index (Phi) is 5.73. The molecule has 0 saturated carbocycles. The van der Waals surface area contributed by atoms with Crippen molar-refractivity contribution in [3.8, 4) is 0 Å². The van der Waals surface area contributed by atoms with Crippen LogP contribution in [-0.2, 0) is 9.53 Å². The van der Waals surface area contributed by atoms with Crippen molar-refractivity contribution < 1.29 is 9.53 Å². The van der Waals surface area contributed by atoms with E-state index in [9.17, 15) is 4.79 Å². The molecule has 2 heteroatoms. The highest BCUT2D eigenvalue weighted by Crippen LogP contribution is 2.34. The van der Waals surface area contributed by atoms with E-state index in [2.05, 4.69) is 19.9 Å². The second-order valence-corrected chi connectivity index (χ2v) is 5.10. The zero-order valence-corrected chi connectivity index (χ0v) is 11.7. The fourth-order valence-electron chi connectivity index (χ4n) is 2.56. The van der Waals surface area contributed by atoms with E-state index in [1.807, 2.05) is 13.8 Å². The van der Waals surface area contributed by atoms with E-state index in [4.69, 9.17) is 4.74 Å². The summed E-state index contributed by atoms with van der Waals surface area (Å²) in [4.78, 5) is 11.3. The molecule has 3 unspecified atom stereocenters. The van der Waals surface area contributed by atoms with Crippen LogP contribution in [0.15, 0.2) is 11.6 Å². The molecular weight excluding hydrogens is 212 g/mol. The Bertz CT molecular complexity index is 281. The summed E-state index contributed by atoms with van der Waals surface area (Å²) in [5.41, 5.74) is 1.53. The fraction of sp³-hybridized carbons (Fsp3) is 0.800. The van der Waals surface area contributed by atoms with E-state index in [-0.39, 0.29) is 12.1 Å². The third-order valence-electron chi connectivity index (χ3n) is 3.85. The molecule has 3 atom stereocenters. The molecule has 0 heterocycles. The van der Waals surface area contributed by atoms with Crippen LogP contribution < -0.4 is 0 Å². The summed E-state index contributed by atoms with van der Waals surface area (Å²) in [6.45, 7) is 8.34. The Hall–Kier alpha value is -0.790. The molecule has 0 aliphatic heterocycles. The maximum absolute atomic E-state index is 11.3. The minimum absolute atomic E-state index is 0.0262. The van der Waals surface area contributed by atoms with Gasteiger partial charge in [0.2, 0.25) is 0 Å². The molecule has 1 aliphatic carbocycles. The van der Waals surface area contributed by atoms with Crippen LogP contribution in [0.1, 0.15) is 59.8 Å². The van der Waals surface area contributed by atoms with Crippen molar-refractivity contribution in [2.24, 2.45) is 11.8 Å². The van der Waals surface area contributed by atoms with Crippen molar-refractivity contribution in [3.63, 3.8) is 0 Å². The lowest BCUT2D eigenvalue weighted by atomic mass is 9.78. The van der Waals surface area contributed by atoms with Gasteiger partial charge in [-0.25, -0.2) is 0 Å². The van der Waals surface area contributed by atoms with E-state index < -0.39 is 0 Å². The Morgan fingerprint density at radius 3 is 2.71 bits per heavy atom. The molecule has 0 saturated heterocycles. The number of hydrogen-bond donors (Lipinski definition) is 0. The van der Waals surface area contributed by atoms with Crippen LogP contribution in [0.5, 0.6) is 0 Å². The average molecular weight is 238 g/mol. The van der Waals surface area contributed by atoms with Crippen molar-refractivity contribution in [3.05, 3.63) is 11.6 Å². The zero-order valence-electron chi connectivity index (χ0n) is 11.7. The van der Waals surface area contributed by atoms with E-state index in [1.165, 1.54) is 18.4 Å². The van der Waals surface area contributed by atoms with Gasteiger partial charge in [-0.1, -0.05) is 38.8 Å². The number of hydrogen-bond acceptors (Lipinski definition) is 2. The smallest absolute Gasteiger partial charge is 0.305 e. The van der Waals surface area contributed by atoms with Gasteiger partial charge in [-0.15, -0.1) is 0 Å². The maximum Gasteiger partial charge on any atom is 0.305 e. The summed E-state index contributed by atoms with van der Waals surface area (Å²) in [7, 11) is 0. The first-order chi connectivity index (χ1) is 8.10. The predicted molar refractivity (Wildman–Crippen MR) is 70.7 cm³/mol. The van der Waals surface area contributed by atoms with Gasteiger partial charge in [0.1, 0.15) is 6.10 Å². The highest BCUT2D eigenvalue weighted by molar-refractivity contribution is 5.69. The minimum atomic E-state index is -0.0810. The highest BCUT2D eigenvalue weighted by Gasteiger charge is 2.26. The lowest BCUT2D eigenvalue weighted by Crippen LogP contribution is -2.27. The van der Waals surface area contributed by atoms with Gasteiger partial charge >= 0.3 is 5.97 Å². The first kappa shape index (κ1) is 14.3. The van der Waals surface area contributed by atoms with Gasteiger partial charge < -0.3 is 4.74 Å². The first-order valence-electron chi connectivity index (χ1n) is 6.99. The summed E-state index contributed by atoms with van der Waals surface area (Å²) >= 11 is 0. The van der Waals surface area contributed by atoms with Gasteiger partial charge in [-0.3, -0.25) is 4.79 Å². The Morgan fingerprint density at radius 2 is 2.18 bits per heavy atom. The average Bonchev–Trinajstić information content (AvgIpc) is 2.37. The molecule has 1 rings (SSSR count).